The Bertz CT molecular complexity index is 733. The van der Waals surface area contributed by atoms with E-state index in [9.17, 15) is 13.6 Å². The Labute approximate surface area is 144 Å². The molecule has 1 fully saturated rings. The molecule has 1 N–H and O–H groups in total. The summed E-state index contributed by atoms with van der Waals surface area (Å²) in [4.78, 5) is 22.7. The Balaban J connectivity index is 1.62. The zero-order valence-electron chi connectivity index (χ0n) is 14.0. The van der Waals surface area contributed by atoms with Crippen LogP contribution in [-0.4, -0.2) is 38.4 Å². The fourth-order valence-corrected chi connectivity index (χ4v) is 3.09. The SMILES string of the molecule is Cc1cccnc1NC(=O)C1CCCN(Cc2nccn2C(F)F)C1. The molecule has 1 amide bonds. The van der Waals surface area contributed by atoms with Crippen molar-refractivity contribution in [1.29, 1.82) is 0 Å². The zero-order valence-corrected chi connectivity index (χ0v) is 14.0. The molecule has 6 nitrogen and oxygen atoms in total. The summed E-state index contributed by atoms with van der Waals surface area (Å²) < 4.78 is 26.7. The number of hydrogen-bond acceptors (Lipinski definition) is 4. The average molecular weight is 349 g/mol. The molecule has 1 aliphatic heterocycles. The van der Waals surface area contributed by atoms with Gasteiger partial charge in [-0.25, -0.2) is 9.97 Å². The molecule has 8 heteroatoms. The van der Waals surface area contributed by atoms with Crippen LogP contribution in [0.3, 0.4) is 0 Å². The summed E-state index contributed by atoms with van der Waals surface area (Å²) in [5.74, 6) is 0.614. The van der Waals surface area contributed by atoms with Crippen LogP contribution in [0.5, 0.6) is 0 Å². The van der Waals surface area contributed by atoms with Crippen LogP contribution in [0.15, 0.2) is 30.7 Å². The first kappa shape index (κ1) is 17.5. The Kier molecular flexibility index (Phi) is 5.37. The van der Waals surface area contributed by atoms with E-state index >= 15 is 0 Å². The van der Waals surface area contributed by atoms with Crippen molar-refractivity contribution in [3.05, 3.63) is 42.1 Å². The highest BCUT2D eigenvalue weighted by atomic mass is 19.3. The summed E-state index contributed by atoms with van der Waals surface area (Å²) in [6, 6.07) is 3.71. The van der Waals surface area contributed by atoms with Crippen LogP contribution in [0.25, 0.3) is 0 Å². The van der Waals surface area contributed by atoms with Gasteiger partial charge in [0.15, 0.2) is 0 Å². The molecule has 0 saturated carbocycles. The lowest BCUT2D eigenvalue weighted by Gasteiger charge is -2.31. The van der Waals surface area contributed by atoms with E-state index in [-0.39, 0.29) is 11.8 Å². The van der Waals surface area contributed by atoms with Crippen LogP contribution in [0, 0.1) is 12.8 Å². The molecule has 0 radical (unpaired) electrons. The second kappa shape index (κ2) is 7.69. The van der Waals surface area contributed by atoms with Crippen molar-refractivity contribution in [2.45, 2.75) is 32.9 Å². The predicted octanol–water partition coefficient (Wildman–Crippen LogP) is 2.83. The number of hydrogen-bond donors (Lipinski definition) is 1. The monoisotopic (exact) mass is 349 g/mol. The van der Waals surface area contributed by atoms with Crippen LogP contribution in [0.1, 0.15) is 30.8 Å². The maximum atomic E-state index is 12.9. The predicted molar refractivity (Wildman–Crippen MR) is 89.1 cm³/mol. The van der Waals surface area contributed by atoms with Gasteiger partial charge in [-0.3, -0.25) is 14.3 Å². The van der Waals surface area contributed by atoms with Crippen LogP contribution in [0.4, 0.5) is 14.6 Å². The minimum atomic E-state index is -2.60. The van der Waals surface area contributed by atoms with E-state index in [2.05, 4.69) is 15.3 Å². The highest BCUT2D eigenvalue weighted by Gasteiger charge is 2.27. The molecule has 1 atom stereocenters. The van der Waals surface area contributed by atoms with Crippen molar-refractivity contribution < 1.29 is 13.6 Å². The molecular weight excluding hydrogens is 328 g/mol. The Morgan fingerprint density at radius 1 is 1.40 bits per heavy atom. The highest BCUT2D eigenvalue weighted by Crippen LogP contribution is 2.22. The number of halogens is 2. The number of likely N-dealkylation sites (tertiary alicyclic amines) is 1. The van der Waals surface area contributed by atoms with Crippen molar-refractivity contribution in [3.8, 4) is 0 Å². The lowest BCUT2D eigenvalue weighted by atomic mass is 9.97. The summed E-state index contributed by atoms with van der Waals surface area (Å²) in [5, 5.41) is 2.87. The molecule has 3 rings (SSSR count). The molecule has 2 aromatic heterocycles. The second-order valence-corrected chi connectivity index (χ2v) is 6.26. The van der Waals surface area contributed by atoms with Crippen LogP contribution in [-0.2, 0) is 11.3 Å². The van der Waals surface area contributed by atoms with Gasteiger partial charge in [-0.1, -0.05) is 6.07 Å². The minimum absolute atomic E-state index is 0.0799. The Morgan fingerprint density at radius 2 is 2.24 bits per heavy atom. The number of aromatic nitrogens is 3. The molecule has 1 saturated heterocycles. The first-order valence-corrected chi connectivity index (χ1v) is 8.29. The van der Waals surface area contributed by atoms with Crippen LogP contribution < -0.4 is 5.32 Å². The number of rotatable bonds is 5. The van der Waals surface area contributed by atoms with E-state index in [0.717, 1.165) is 29.5 Å². The summed E-state index contributed by atoms with van der Waals surface area (Å²) in [5.41, 5.74) is 0.905. The minimum Gasteiger partial charge on any atom is -0.310 e. The van der Waals surface area contributed by atoms with E-state index in [4.69, 9.17) is 0 Å². The third-order valence-corrected chi connectivity index (χ3v) is 4.45. The summed E-state index contributed by atoms with van der Waals surface area (Å²) in [7, 11) is 0. The Morgan fingerprint density at radius 3 is 3.00 bits per heavy atom. The van der Waals surface area contributed by atoms with E-state index in [1.54, 1.807) is 6.20 Å². The van der Waals surface area contributed by atoms with E-state index in [1.165, 1.54) is 12.4 Å². The number of amides is 1. The maximum Gasteiger partial charge on any atom is 0.319 e. The third-order valence-electron chi connectivity index (χ3n) is 4.45. The molecule has 0 bridgehead atoms. The van der Waals surface area contributed by atoms with Crippen LogP contribution >= 0.6 is 0 Å². The lowest BCUT2D eigenvalue weighted by Crippen LogP contribution is -2.40. The highest BCUT2D eigenvalue weighted by molar-refractivity contribution is 5.92. The number of nitrogens with zero attached hydrogens (tertiary/aromatic N) is 4. The molecular formula is C17H21F2N5O. The van der Waals surface area contributed by atoms with Gasteiger partial charge in [-0.15, -0.1) is 0 Å². The lowest BCUT2D eigenvalue weighted by molar-refractivity contribution is -0.121. The summed E-state index contributed by atoms with van der Waals surface area (Å²) >= 11 is 0. The van der Waals surface area contributed by atoms with E-state index < -0.39 is 6.55 Å². The number of aryl methyl sites for hydroxylation is 1. The molecule has 1 aliphatic rings. The van der Waals surface area contributed by atoms with Crippen molar-refractivity contribution in [2.24, 2.45) is 5.92 Å². The van der Waals surface area contributed by atoms with Crippen molar-refractivity contribution in [1.82, 2.24) is 19.4 Å². The van der Waals surface area contributed by atoms with Gasteiger partial charge in [-0.2, -0.15) is 8.78 Å². The van der Waals surface area contributed by atoms with E-state index in [1.807, 2.05) is 24.0 Å². The number of anilines is 1. The molecule has 25 heavy (non-hydrogen) atoms. The van der Waals surface area contributed by atoms with Gasteiger partial charge >= 0.3 is 6.55 Å². The number of piperidine rings is 1. The van der Waals surface area contributed by atoms with Crippen molar-refractivity contribution >= 4 is 11.7 Å². The van der Waals surface area contributed by atoms with Gasteiger partial charge in [0.25, 0.3) is 0 Å². The average Bonchev–Trinajstić information content (AvgIpc) is 3.05. The summed E-state index contributed by atoms with van der Waals surface area (Å²) in [6.45, 7) is 0.883. The molecule has 0 aromatic carbocycles. The molecule has 1 unspecified atom stereocenters. The molecule has 3 heterocycles. The topological polar surface area (TPSA) is 63.1 Å². The number of carbonyl (C=O) groups excluding carboxylic acids is 1. The van der Waals surface area contributed by atoms with E-state index in [0.29, 0.717) is 24.7 Å². The fraction of sp³-hybridized carbons (Fsp3) is 0.471. The molecule has 0 aliphatic carbocycles. The fourth-order valence-electron chi connectivity index (χ4n) is 3.09. The first-order valence-electron chi connectivity index (χ1n) is 8.29. The largest absolute Gasteiger partial charge is 0.319 e. The van der Waals surface area contributed by atoms with Crippen molar-refractivity contribution in [3.63, 3.8) is 0 Å². The number of imidazole rings is 1. The number of nitrogens with one attached hydrogen (secondary N) is 1. The normalized spacial score (nSPS) is 18.5. The number of pyridine rings is 1. The molecule has 2 aromatic rings. The standard InChI is InChI=1S/C17H21F2N5O/c1-12-4-2-6-21-15(12)22-16(25)13-5-3-8-23(10-13)11-14-20-7-9-24(14)17(18)19/h2,4,6-7,9,13,17H,3,5,8,10-11H2,1H3,(H,21,22,25). The van der Waals surface area contributed by atoms with Gasteiger partial charge in [0.1, 0.15) is 11.6 Å². The van der Waals surface area contributed by atoms with Gasteiger partial charge in [0, 0.05) is 25.1 Å². The third kappa shape index (κ3) is 4.19. The number of alkyl halides is 2. The zero-order chi connectivity index (χ0) is 17.8. The van der Waals surface area contributed by atoms with Gasteiger partial charge in [0.2, 0.25) is 5.91 Å². The number of carbonyl (C=O) groups is 1. The maximum absolute atomic E-state index is 12.9. The van der Waals surface area contributed by atoms with Crippen LogP contribution in [0.2, 0.25) is 0 Å². The van der Waals surface area contributed by atoms with Crippen molar-refractivity contribution in [2.75, 3.05) is 18.4 Å². The summed E-state index contributed by atoms with van der Waals surface area (Å²) in [6.07, 6.45) is 5.91. The molecule has 134 valence electrons. The quantitative estimate of drug-likeness (QED) is 0.902. The first-order chi connectivity index (χ1) is 12.0. The smallest absolute Gasteiger partial charge is 0.310 e. The molecule has 0 spiro atoms. The van der Waals surface area contributed by atoms with Gasteiger partial charge in [-0.05, 0) is 37.9 Å². The second-order valence-electron chi connectivity index (χ2n) is 6.26. The Hall–Kier alpha value is -2.35. The van der Waals surface area contributed by atoms with Gasteiger partial charge in [0.05, 0.1) is 12.5 Å². The van der Waals surface area contributed by atoms with Gasteiger partial charge < -0.3 is 5.32 Å².